The lowest BCUT2D eigenvalue weighted by atomic mass is 10.2. The smallest absolute Gasteiger partial charge is 0.338 e. The van der Waals surface area contributed by atoms with E-state index in [1.807, 2.05) is 0 Å². The van der Waals surface area contributed by atoms with Crippen molar-refractivity contribution in [1.29, 1.82) is 0 Å². The maximum Gasteiger partial charge on any atom is 0.338 e. The summed E-state index contributed by atoms with van der Waals surface area (Å²) in [6.07, 6.45) is 1.39. The Morgan fingerprint density at radius 2 is 2.38 bits per heavy atom. The molecule has 2 heterocycles. The Kier molecular flexibility index (Phi) is 1.51. The van der Waals surface area contributed by atoms with Gasteiger partial charge in [-0.15, -0.1) is 0 Å². The van der Waals surface area contributed by atoms with Gasteiger partial charge >= 0.3 is 5.97 Å². The van der Waals surface area contributed by atoms with E-state index in [4.69, 9.17) is 9.52 Å². The van der Waals surface area contributed by atoms with E-state index in [1.54, 1.807) is 6.92 Å². The summed E-state index contributed by atoms with van der Waals surface area (Å²) in [5.74, 6) is -0.614. The predicted octanol–water partition coefficient (Wildman–Crippen LogP) is 1.23. The Morgan fingerprint density at radius 1 is 1.62 bits per heavy atom. The maximum absolute atomic E-state index is 10.7. The highest BCUT2D eigenvalue weighted by atomic mass is 16.4. The zero-order chi connectivity index (χ0) is 9.42. The minimum Gasteiger partial charge on any atom is -0.478 e. The van der Waals surface area contributed by atoms with Crippen LogP contribution in [0.5, 0.6) is 0 Å². The van der Waals surface area contributed by atoms with Crippen LogP contribution in [0.3, 0.4) is 0 Å². The minimum atomic E-state index is -1.03. The summed E-state index contributed by atoms with van der Waals surface area (Å²) in [6, 6.07) is 1.40. The molecule has 2 rings (SSSR count). The number of hydrogen-bond acceptors (Lipinski definition) is 4. The number of fused-ring (bicyclic) bond motifs is 1. The third-order valence-corrected chi connectivity index (χ3v) is 1.63. The van der Waals surface area contributed by atoms with E-state index < -0.39 is 5.97 Å². The number of pyridine rings is 1. The Labute approximate surface area is 73.0 Å². The average molecular weight is 178 g/mol. The largest absolute Gasteiger partial charge is 0.478 e. The van der Waals surface area contributed by atoms with Gasteiger partial charge < -0.3 is 9.52 Å². The Balaban J connectivity index is 2.82. The third-order valence-electron chi connectivity index (χ3n) is 1.63. The van der Waals surface area contributed by atoms with Crippen LogP contribution < -0.4 is 0 Å². The van der Waals surface area contributed by atoms with Gasteiger partial charge in [-0.1, -0.05) is 0 Å². The second-order valence-corrected chi connectivity index (χ2v) is 2.55. The standard InChI is InChI=1S/C8H6N2O3/c1-4-10-6-5(8(11)12)2-3-9-7(6)13-4/h2-3H,1H3,(H,11,12). The Hall–Kier alpha value is -1.91. The molecule has 2 aromatic heterocycles. The first-order valence-corrected chi connectivity index (χ1v) is 3.64. The number of carboxylic acids is 1. The number of aromatic nitrogens is 2. The molecule has 0 radical (unpaired) electrons. The molecule has 0 bridgehead atoms. The molecule has 0 spiro atoms. The van der Waals surface area contributed by atoms with E-state index in [-0.39, 0.29) is 11.3 Å². The van der Waals surface area contributed by atoms with Crippen molar-refractivity contribution in [3.05, 3.63) is 23.7 Å². The first kappa shape index (κ1) is 7.72. The fourth-order valence-electron chi connectivity index (χ4n) is 1.11. The summed E-state index contributed by atoms with van der Waals surface area (Å²) in [6.45, 7) is 1.65. The van der Waals surface area contributed by atoms with Crippen LogP contribution in [0.15, 0.2) is 16.7 Å². The molecule has 0 saturated carbocycles. The lowest BCUT2D eigenvalue weighted by Crippen LogP contribution is -1.97. The molecule has 0 aliphatic heterocycles. The number of carbonyl (C=O) groups is 1. The van der Waals surface area contributed by atoms with E-state index in [1.165, 1.54) is 12.3 Å². The monoisotopic (exact) mass is 178 g/mol. The number of rotatable bonds is 1. The highest BCUT2D eigenvalue weighted by molar-refractivity contribution is 5.99. The summed E-state index contributed by atoms with van der Waals surface area (Å²) in [5.41, 5.74) is 0.673. The lowest BCUT2D eigenvalue weighted by molar-refractivity contribution is 0.0698. The molecule has 2 aromatic rings. The molecule has 5 heteroatoms. The van der Waals surface area contributed by atoms with Gasteiger partial charge in [0, 0.05) is 13.1 Å². The van der Waals surface area contributed by atoms with Crippen molar-refractivity contribution in [1.82, 2.24) is 9.97 Å². The third kappa shape index (κ3) is 1.14. The van der Waals surface area contributed by atoms with Crippen LogP contribution in [0, 0.1) is 6.92 Å². The van der Waals surface area contributed by atoms with Crippen LogP contribution in [-0.4, -0.2) is 21.0 Å². The number of aryl methyl sites for hydroxylation is 1. The topological polar surface area (TPSA) is 76.2 Å². The summed E-state index contributed by atoms with van der Waals surface area (Å²) in [5, 5.41) is 8.78. The van der Waals surface area contributed by atoms with Gasteiger partial charge in [0.1, 0.15) is 5.52 Å². The van der Waals surface area contributed by atoms with Crippen LogP contribution in [0.2, 0.25) is 0 Å². The zero-order valence-corrected chi connectivity index (χ0v) is 6.81. The van der Waals surface area contributed by atoms with E-state index in [0.29, 0.717) is 11.4 Å². The minimum absolute atomic E-state index is 0.113. The number of carboxylic acid groups (broad SMARTS) is 1. The van der Waals surface area contributed by atoms with Crippen LogP contribution in [0.25, 0.3) is 11.2 Å². The molecular weight excluding hydrogens is 172 g/mol. The molecule has 13 heavy (non-hydrogen) atoms. The molecule has 0 aromatic carbocycles. The van der Waals surface area contributed by atoms with Crippen molar-refractivity contribution < 1.29 is 14.3 Å². The lowest BCUT2D eigenvalue weighted by Gasteiger charge is -1.91. The van der Waals surface area contributed by atoms with Crippen molar-refractivity contribution >= 4 is 17.2 Å². The highest BCUT2D eigenvalue weighted by Crippen LogP contribution is 2.16. The average Bonchev–Trinajstić information content (AvgIpc) is 2.43. The SMILES string of the molecule is Cc1nc2c(C(=O)O)ccnc2o1. The molecule has 0 aliphatic carbocycles. The second kappa shape index (κ2) is 2.55. The molecule has 5 nitrogen and oxygen atoms in total. The molecule has 0 aliphatic rings. The number of nitrogens with zero attached hydrogens (tertiary/aromatic N) is 2. The molecule has 0 atom stereocenters. The zero-order valence-electron chi connectivity index (χ0n) is 6.81. The molecule has 66 valence electrons. The van der Waals surface area contributed by atoms with Crippen molar-refractivity contribution in [2.45, 2.75) is 6.92 Å². The van der Waals surface area contributed by atoms with E-state index in [9.17, 15) is 4.79 Å². The molecular formula is C8H6N2O3. The van der Waals surface area contributed by atoms with Crippen molar-refractivity contribution in [3.63, 3.8) is 0 Å². The molecule has 0 amide bonds. The van der Waals surface area contributed by atoms with Crippen LogP contribution in [0.4, 0.5) is 0 Å². The van der Waals surface area contributed by atoms with Crippen molar-refractivity contribution in [2.75, 3.05) is 0 Å². The first-order valence-electron chi connectivity index (χ1n) is 3.64. The van der Waals surface area contributed by atoms with Crippen molar-refractivity contribution in [2.24, 2.45) is 0 Å². The van der Waals surface area contributed by atoms with Gasteiger partial charge in [-0.05, 0) is 6.07 Å². The normalized spacial score (nSPS) is 10.5. The van der Waals surface area contributed by atoms with Gasteiger partial charge in [0.2, 0.25) is 5.71 Å². The van der Waals surface area contributed by atoms with Gasteiger partial charge in [-0.25, -0.2) is 14.8 Å². The van der Waals surface area contributed by atoms with E-state index >= 15 is 0 Å². The Bertz CT molecular complexity index is 475. The molecule has 0 unspecified atom stereocenters. The quantitative estimate of drug-likeness (QED) is 0.710. The van der Waals surface area contributed by atoms with Gasteiger partial charge in [-0.2, -0.15) is 0 Å². The molecule has 1 N–H and O–H groups in total. The Morgan fingerprint density at radius 3 is 3.08 bits per heavy atom. The number of oxazole rings is 1. The van der Waals surface area contributed by atoms with Crippen LogP contribution >= 0.6 is 0 Å². The van der Waals surface area contributed by atoms with Crippen LogP contribution in [0.1, 0.15) is 16.2 Å². The number of hydrogen-bond donors (Lipinski definition) is 1. The van der Waals surface area contributed by atoms with Gasteiger partial charge in [0.25, 0.3) is 0 Å². The van der Waals surface area contributed by atoms with Gasteiger partial charge in [0.15, 0.2) is 5.89 Å². The fraction of sp³-hybridized carbons (Fsp3) is 0.125. The fourth-order valence-corrected chi connectivity index (χ4v) is 1.11. The van der Waals surface area contributed by atoms with Crippen molar-refractivity contribution in [3.8, 4) is 0 Å². The van der Waals surface area contributed by atoms with E-state index in [0.717, 1.165) is 0 Å². The predicted molar refractivity (Wildman–Crippen MR) is 43.5 cm³/mol. The number of aromatic carboxylic acids is 1. The second-order valence-electron chi connectivity index (χ2n) is 2.55. The highest BCUT2D eigenvalue weighted by Gasteiger charge is 2.13. The van der Waals surface area contributed by atoms with Gasteiger partial charge in [-0.3, -0.25) is 0 Å². The summed E-state index contributed by atoms with van der Waals surface area (Å²) < 4.78 is 5.07. The van der Waals surface area contributed by atoms with E-state index in [2.05, 4.69) is 9.97 Å². The summed E-state index contributed by atoms with van der Waals surface area (Å²) in [4.78, 5) is 18.5. The summed E-state index contributed by atoms with van der Waals surface area (Å²) >= 11 is 0. The molecule has 0 fully saturated rings. The van der Waals surface area contributed by atoms with Crippen LogP contribution in [-0.2, 0) is 0 Å². The summed E-state index contributed by atoms with van der Waals surface area (Å²) in [7, 11) is 0. The first-order chi connectivity index (χ1) is 6.18. The van der Waals surface area contributed by atoms with Gasteiger partial charge in [0.05, 0.1) is 5.56 Å². The molecule has 0 saturated heterocycles. The maximum atomic E-state index is 10.7.